The van der Waals surface area contributed by atoms with Crippen LogP contribution >= 0.6 is 0 Å². The zero-order chi connectivity index (χ0) is 14.7. The molecule has 0 radical (unpaired) electrons. The van der Waals surface area contributed by atoms with Crippen molar-refractivity contribution in [3.05, 3.63) is 53.6 Å². The van der Waals surface area contributed by atoms with E-state index in [1.54, 1.807) is 0 Å². The second-order valence-electron chi connectivity index (χ2n) is 6.37. The van der Waals surface area contributed by atoms with Crippen molar-refractivity contribution in [2.75, 3.05) is 6.54 Å². The molecule has 0 spiro atoms. The van der Waals surface area contributed by atoms with Gasteiger partial charge in [0.2, 0.25) is 0 Å². The highest BCUT2D eigenvalue weighted by atomic mass is 15.0. The fourth-order valence-corrected chi connectivity index (χ4v) is 3.56. The standard InChI is InChI=1S/C18H25N3/c1-21-12-11-20-17(21)13-15-5-7-16(8-6-15)18(14-19)9-3-2-4-10-18/h5-8,11-12H,2-4,9-10,13-14,19H2,1H3. The molecule has 3 heteroatoms. The van der Waals surface area contributed by atoms with Crippen LogP contribution in [0.3, 0.4) is 0 Å². The van der Waals surface area contributed by atoms with Gasteiger partial charge in [-0.15, -0.1) is 0 Å². The van der Waals surface area contributed by atoms with Crippen LogP contribution in [0.15, 0.2) is 36.7 Å². The van der Waals surface area contributed by atoms with Gasteiger partial charge in [-0.05, 0) is 24.0 Å². The average Bonchev–Trinajstić information content (AvgIpc) is 2.94. The molecular formula is C18H25N3. The lowest BCUT2D eigenvalue weighted by Gasteiger charge is -2.37. The lowest BCUT2D eigenvalue weighted by molar-refractivity contribution is 0.301. The number of rotatable bonds is 4. The zero-order valence-corrected chi connectivity index (χ0v) is 12.9. The van der Waals surface area contributed by atoms with Crippen LogP contribution in [0.4, 0.5) is 0 Å². The molecule has 1 aliphatic carbocycles. The first-order chi connectivity index (χ1) is 10.2. The molecule has 0 saturated heterocycles. The summed E-state index contributed by atoms with van der Waals surface area (Å²) in [7, 11) is 2.04. The van der Waals surface area contributed by atoms with E-state index < -0.39 is 0 Å². The van der Waals surface area contributed by atoms with Gasteiger partial charge in [-0.2, -0.15) is 0 Å². The summed E-state index contributed by atoms with van der Waals surface area (Å²) >= 11 is 0. The molecule has 0 bridgehead atoms. The SMILES string of the molecule is Cn1ccnc1Cc1ccc(C2(CN)CCCCC2)cc1. The Hall–Kier alpha value is -1.61. The highest BCUT2D eigenvalue weighted by Crippen LogP contribution is 2.38. The molecule has 2 aromatic rings. The summed E-state index contributed by atoms with van der Waals surface area (Å²) in [5.74, 6) is 1.11. The van der Waals surface area contributed by atoms with Crippen LogP contribution in [0, 0.1) is 0 Å². The molecule has 1 aliphatic rings. The number of aryl methyl sites for hydroxylation is 1. The van der Waals surface area contributed by atoms with Crippen LogP contribution in [0.2, 0.25) is 0 Å². The zero-order valence-electron chi connectivity index (χ0n) is 12.9. The van der Waals surface area contributed by atoms with Crippen LogP contribution in [0.5, 0.6) is 0 Å². The molecule has 3 nitrogen and oxygen atoms in total. The molecule has 0 amide bonds. The van der Waals surface area contributed by atoms with Crippen LogP contribution in [0.25, 0.3) is 0 Å². The summed E-state index contributed by atoms with van der Waals surface area (Å²) in [4.78, 5) is 4.40. The van der Waals surface area contributed by atoms with Crippen molar-refractivity contribution in [2.24, 2.45) is 12.8 Å². The Morgan fingerprint density at radius 1 is 1.14 bits per heavy atom. The van der Waals surface area contributed by atoms with Gasteiger partial charge in [-0.1, -0.05) is 43.5 Å². The van der Waals surface area contributed by atoms with E-state index in [0.29, 0.717) is 0 Å². The molecule has 2 N–H and O–H groups in total. The van der Waals surface area contributed by atoms with Crippen molar-refractivity contribution in [2.45, 2.75) is 43.9 Å². The summed E-state index contributed by atoms with van der Waals surface area (Å²) in [5, 5.41) is 0. The number of benzene rings is 1. The van der Waals surface area contributed by atoms with Gasteiger partial charge in [0.15, 0.2) is 0 Å². The molecule has 1 aromatic carbocycles. The molecule has 1 heterocycles. The van der Waals surface area contributed by atoms with E-state index in [4.69, 9.17) is 5.73 Å². The normalized spacial score (nSPS) is 17.8. The Balaban J connectivity index is 1.78. The number of hydrogen-bond donors (Lipinski definition) is 1. The predicted octanol–water partition coefficient (Wildman–Crippen LogP) is 3.17. The summed E-state index contributed by atoms with van der Waals surface area (Å²) in [6.07, 6.45) is 11.2. The Bertz CT molecular complexity index is 577. The first-order valence-corrected chi connectivity index (χ1v) is 7.99. The van der Waals surface area contributed by atoms with Crippen molar-refractivity contribution in [1.82, 2.24) is 9.55 Å². The Kier molecular flexibility index (Phi) is 4.11. The van der Waals surface area contributed by atoms with E-state index in [-0.39, 0.29) is 5.41 Å². The maximum Gasteiger partial charge on any atom is 0.112 e. The van der Waals surface area contributed by atoms with E-state index in [2.05, 4.69) is 33.8 Å². The Morgan fingerprint density at radius 3 is 2.43 bits per heavy atom. The molecule has 0 aliphatic heterocycles. The first-order valence-electron chi connectivity index (χ1n) is 7.99. The second-order valence-corrected chi connectivity index (χ2v) is 6.37. The van der Waals surface area contributed by atoms with Gasteiger partial charge in [0.05, 0.1) is 0 Å². The van der Waals surface area contributed by atoms with E-state index >= 15 is 0 Å². The van der Waals surface area contributed by atoms with Crippen molar-refractivity contribution in [3.63, 3.8) is 0 Å². The topological polar surface area (TPSA) is 43.8 Å². The highest BCUT2D eigenvalue weighted by Gasteiger charge is 2.32. The van der Waals surface area contributed by atoms with Gasteiger partial charge in [0.25, 0.3) is 0 Å². The number of hydrogen-bond acceptors (Lipinski definition) is 2. The van der Waals surface area contributed by atoms with Crippen molar-refractivity contribution >= 4 is 0 Å². The minimum absolute atomic E-state index is 0.222. The highest BCUT2D eigenvalue weighted by molar-refractivity contribution is 5.31. The molecule has 0 unspecified atom stereocenters. The van der Waals surface area contributed by atoms with Gasteiger partial charge in [-0.25, -0.2) is 4.98 Å². The molecule has 1 aromatic heterocycles. The number of nitrogens with zero attached hydrogens (tertiary/aromatic N) is 2. The average molecular weight is 283 g/mol. The third-order valence-electron chi connectivity index (χ3n) is 5.05. The summed E-state index contributed by atoms with van der Waals surface area (Å²) in [5.41, 5.74) is 9.09. The largest absolute Gasteiger partial charge is 0.338 e. The second kappa shape index (κ2) is 6.02. The first kappa shape index (κ1) is 14.3. The van der Waals surface area contributed by atoms with Crippen LogP contribution in [0.1, 0.15) is 49.1 Å². The van der Waals surface area contributed by atoms with E-state index in [1.807, 2.05) is 19.4 Å². The predicted molar refractivity (Wildman–Crippen MR) is 86.3 cm³/mol. The monoisotopic (exact) mass is 283 g/mol. The minimum atomic E-state index is 0.222. The van der Waals surface area contributed by atoms with Gasteiger partial charge >= 0.3 is 0 Å². The molecule has 0 atom stereocenters. The molecule has 1 fully saturated rings. The molecule has 21 heavy (non-hydrogen) atoms. The van der Waals surface area contributed by atoms with Gasteiger partial charge in [-0.3, -0.25) is 0 Å². The van der Waals surface area contributed by atoms with Crippen molar-refractivity contribution in [3.8, 4) is 0 Å². The molecular weight excluding hydrogens is 258 g/mol. The van der Waals surface area contributed by atoms with Gasteiger partial charge < -0.3 is 10.3 Å². The van der Waals surface area contributed by atoms with E-state index in [1.165, 1.54) is 43.2 Å². The third kappa shape index (κ3) is 2.88. The molecule has 1 saturated carbocycles. The fourth-order valence-electron chi connectivity index (χ4n) is 3.56. The van der Waals surface area contributed by atoms with Crippen molar-refractivity contribution < 1.29 is 0 Å². The summed E-state index contributed by atoms with van der Waals surface area (Å²) in [6.45, 7) is 0.770. The molecule has 3 rings (SSSR count). The van der Waals surface area contributed by atoms with Crippen LogP contribution < -0.4 is 5.73 Å². The van der Waals surface area contributed by atoms with Crippen molar-refractivity contribution in [1.29, 1.82) is 0 Å². The van der Waals surface area contributed by atoms with E-state index in [0.717, 1.165) is 18.8 Å². The number of aromatic nitrogens is 2. The smallest absolute Gasteiger partial charge is 0.112 e. The number of imidazole rings is 1. The van der Waals surface area contributed by atoms with Crippen LogP contribution in [-0.4, -0.2) is 16.1 Å². The van der Waals surface area contributed by atoms with E-state index in [9.17, 15) is 0 Å². The lowest BCUT2D eigenvalue weighted by Crippen LogP contribution is -2.37. The summed E-state index contributed by atoms with van der Waals surface area (Å²) in [6, 6.07) is 9.07. The van der Waals surface area contributed by atoms with Gasteiger partial charge in [0, 0.05) is 37.8 Å². The molecule has 112 valence electrons. The Labute approximate surface area is 127 Å². The van der Waals surface area contributed by atoms with Crippen LogP contribution in [-0.2, 0) is 18.9 Å². The lowest BCUT2D eigenvalue weighted by atomic mass is 9.69. The maximum absolute atomic E-state index is 6.12. The quantitative estimate of drug-likeness (QED) is 0.936. The Morgan fingerprint density at radius 2 is 1.86 bits per heavy atom. The maximum atomic E-state index is 6.12. The number of nitrogens with two attached hydrogens (primary N) is 1. The fraction of sp³-hybridized carbons (Fsp3) is 0.500. The van der Waals surface area contributed by atoms with Gasteiger partial charge in [0.1, 0.15) is 5.82 Å². The minimum Gasteiger partial charge on any atom is -0.338 e. The summed E-state index contributed by atoms with van der Waals surface area (Å²) < 4.78 is 2.08. The third-order valence-corrected chi connectivity index (χ3v) is 5.05.